The Labute approximate surface area is 165 Å². The Morgan fingerprint density at radius 2 is 2.00 bits per heavy atom. The summed E-state index contributed by atoms with van der Waals surface area (Å²) in [6, 6.07) is 0. The number of Topliss-reactive ketones (excluding diaryl/α,β-unsaturated/α-hetero) is 1. The number of carbonyl (C=O) groups excluding carboxylic acids is 2. The van der Waals surface area contributed by atoms with Crippen molar-refractivity contribution in [3.05, 3.63) is 11.1 Å². The van der Waals surface area contributed by atoms with Crippen LogP contribution in [0.25, 0.3) is 0 Å². The molecule has 6 aliphatic rings. The van der Waals surface area contributed by atoms with Gasteiger partial charge in [-0.05, 0) is 51.9 Å². The molecule has 0 amide bonds. The van der Waals surface area contributed by atoms with Crippen LogP contribution in [0.5, 0.6) is 0 Å². The molecule has 1 aliphatic heterocycles. The molecule has 2 N–H and O–H groups in total. The molecule has 5 fully saturated rings. The largest absolute Gasteiger partial charge is 0.426 e. The third-order valence-electron chi connectivity index (χ3n) is 9.72. The zero-order chi connectivity index (χ0) is 20.3. The van der Waals surface area contributed by atoms with Gasteiger partial charge in [-0.2, -0.15) is 0 Å². The second-order valence-electron chi connectivity index (χ2n) is 10.3. The van der Waals surface area contributed by atoms with Gasteiger partial charge in [0.05, 0.1) is 12.2 Å². The molecule has 6 rings (SSSR count). The van der Waals surface area contributed by atoms with Gasteiger partial charge in [-0.1, -0.05) is 19.4 Å². The summed E-state index contributed by atoms with van der Waals surface area (Å²) in [5.74, 6) is -2.39. The first-order chi connectivity index (χ1) is 13.0. The molecule has 0 aromatic carbocycles. The first-order valence-electron chi connectivity index (χ1n) is 10.5. The Bertz CT molecular complexity index is 833. The molecule has 5 aliphatic carbocycles. The minimum Gasteiger partial charge on any atom is -0.426 e. The fourth-order valence-electron chi connectivity index (χ4n) is 7.68. The summed E-state index contributed by atoms with van der Waals surface area (Å²) >= 11 is 0. The minimum atomic E-state index is -1.74. The maximum atomic E-state index is 13.5. The maximum Gasteiger partial charge on any atom is 0.336 e. The fraction of sp³-hybridized carbons (Fsp3) is 0.818. The van der Waals surface area contributed by atoms with E-state index in [0.29, 0.717) is 18.4 Å². The van der Waals surface area contributed by atoms with Gasteiger partial charge >= 0.3 is 5.97 Å². The molecule has 1 heterocycles. The van der Waals surface area contributed by atoms with Gasteiger partial charge in [-0.3, -0.25) is 4.79 Å². The summed E-state index contributed by atoms with van der Waals surface area (Å²) < 4.78 is 12.1. The van der Waals surface area contributed by atoms with Crippen molar-refractivity contribution in [1.29, 1.82) is 0 Å². The quantitative estimate of drug-likeness (QED) is 0.703. The van der Waals surface area contributed by atoms with Crippen LogP contribution < -0.4 is 0 Å². The summed E-state index contributed by atoms with van der Waals surface area (Å²) in [4.78, 5) is 26.6. The average molecular weight is 390 g/mol. The number of ether oxygens (including phenoxy) is 2. The minimum absolute atomic E-state index is 0.0761. The highest BCUT2D eigenvalue weighted by molar-refractivity contribution is 5.94. The number of aliphatic hydroxyl groups excluding tert-OH is 1. The van der Waals surface area contributed by atoms with Gasteiger partial charge < -0.3 is 19.7 Å². The van der Waals surface area contributed by atoms with Crippen molar-refractivity contribution in [3.8, 4) is 0 Å². The number of hydrogen-bond donors (Lipinski definition) is 2. The molecule has 154 valence electrons. The Morgan fingerprint density at radius 3 is 2.64 bits per heavy atom. The van der Waals surface area contributed by atoms with E-state index in [1.165, 1.54) is 0 Å². The van der Waals surface area contributed by atoms with Crippen molar-refractivity contribution in [2.45, 2.75) is 83.7 Å². The van der Waals surface area contributed by atoms with E-state index in [-0.39, 0.29) is 24.7 Å². The van der Waals surface area contributed by atoms with E-state index in [1.54, 1.807) is 6.92 Å². The zero-order valence-electron chi connectivity index (χ0n) is 17.1. The number of carbonyl (C=O) groups is 2. The number of allylic oxidation sites excluding steroid dienone is 1. The molecule has 1 saturated heterocycles. The van der Waals surface area contributed by atoms with Crippen molar-refractivity contribution in [1.82, 2.24) is 0 Å². The molecule has 6 heteroatoms. The first-order valence-corrected chi connectivity index (χ1v) is 10.5. The molecule has 7 atom stereocenters. The summed E-state index contributed by atoms with van der Waals surface area (Å²) in [6.45, 7) is 7.58. The number of aliphatic hydroxyl groups is 2. The molecule has 0 aromatic heterocycles. The summed E-state index contributed by atoms with van der Waals surface area (Å²) in [6.07, 6.45) is 2.50. The Kier molecular flexibility index (Phi) is 3.40. The van der Waals surface area contributed by atoms with E-state index in [0.717, 1.165) is 24.8 Å². The fourth-order valence-corrected chi connectivity index (χ4v) is 7.68. The van der Waals surface area contributed by atoms with Crippen molar-refractivity contribution in [3.63, 3.8) is 0 Å². The summed E-state index contributed by atoms with van der Waals surface area (Å²) in [7, 11) is 0. The Morgan fingerprint density at radius 1 is 1.29 bits per heavy atom. The number of esters is 1. The highest BCUT2D eigenvalue weighted by Crippen LogP contribution is 2.80. The molecule has 1 spiro atoms. The monoisotopic (exact) mass is 390 g/mol. The van der Waals surface area contributed by atoms with Crippen LogP contribution >= 0.6 is 0 Å². The van der Waals surface area contributed by atoms with Crippen molar-refractivity contribution in [2.75, 3.05) is 6.61 Å². The van der Waals surface area contributed by atoms with E-state index in [1.807, 2.05) is 20.8 Å². The third-order valence-corrected chi connectivity index (χ3v) is 9.72. The molecule has 7 unspecified atom stereocenters. The predicted octanol–water partition coefficient (Wildman–Crippen LogP) is 2.26. The second kappa shape index (κ2) is 5.08. The van der Waals surface area contributed by atoms with Crippen molar-refractivity contribution < 1.29 is 29.3 Å². The summed E-state index contributed by atoms with van der Waals surface area (Å²) in [5, 5.41) is 23.6. The van der Waals surface area contributed by atoms with Gasteiger partial charge in [0.2, 0.25) is 0 Å². The van der Waals surface area contributed by atoms with Gasteiger partial charge in [-0.25, -0.2) is 4.79 Å². The predicted molar refractivity (Wildman–Crippen MR) is 99.0 cm³/mol. The number of ketones is 1. The standard InChI is InChI=1S/C22H30O6/c1-12-6-5-7-14(12)16(24)28-22-17(25)20-10-15(23)19(22,4)18(3,11-27-22)21(20,26)9-8-13(20)2/h13,17,25-26H,5-11H2,1-4H3. The van der Waals surface area contributed by atoms with Crippen LogP contribution in [0.1, 0.15) is 66.2 Å². The SMILES string of the molecule is CC1=C(C(=O)OC23OCC4(C)C5(O)CCC(C)C5(CC(=O)C24C)C3O)CCC1. The van der Waals surface area contributed by atoms with Crippen LogP contribution in [0.15, 0.2) is 11.1 Å². The molecule has 4 bridgehead atoms. The van der Waals surface area contributed by atoms with Crippen LogP contribution in [0.3, 0.4) is 0 Å². The van der Waals surface area contributed by atoms with Crippen LogP contribution in [-0.2, 0) is 19.1 Å². The highest BCUT2D eigenvalue weighted by atomic mass is 16.7. The molecular formula is C22H30O6. The highest BCUT2D eigenvalue weighted by Gasteiger charge is 2.93. The van der Waals surface area contributed by atoms with E-state index in [2.05, 4.69) is 0 Å². The zero-order valence-corrected chi connectivity index (χ0v) is 17.1. The lowest BCUT2D eigenvalue weighted by Gasteiger charge is -2.70. The molecule has 0 radical (unpaired) electrons. The number of fused-ring (bicyclic) bond motifs is 1. The molecule has 6 nitrogen and oxygen atoms in total. The van der Waals surface area contributed by atoms with Gasteiger partial charge in [0.15, 0.2) is 0 Å². The lowest BCUT2D eigenvalue weighted by Crippen LogP contribution is -2.84. The van der Waals surface area contributed by atoms with Gasteiger partial charge in [0, 0.05) is 22.8 Å². The summed E-state index contributed by atoms with van der Waals surface area (Å²) in [5.41, 5.74) is -2.86. The third kappa shape index (κ3) is 1.52. The Balaban J connectivity index is 1.69. The normalized spacial score (nSPS) is 54.4. The second-order valence-corrected chi connectivity index (χ2v) is 10.3. The lowest BCUT2D eigenvalue weighted by atomic mass is 9.35. The average Bonchev–Trinajstić information content (AvgIpc) is 3.25. The van der Waals surface area contributed by atoms with E-state index in [9.17, 15) is 19.8 Å². The van der Waals surface area contributed by atoms with E-state index >= 15 is 0 Å². The maximum absolute atomic E-state index is 13.5. The molecular weight excluding hydrogens is 360 g/mol. The number of hydrogen-bond acceptors (Lipinski definition) is 6. The number of rotatable bonds is 2. The van der Waals surface area contributed by atoms with Crippen LogP contribution in [0.4, 0.5) is 0 Å². The van der Waals surface area contributed by atoms with Crippen LogP contribution in [0.2, 0.25) is 0 Å². The van der Waals surface area contributed by atoms with Gasteiger partial charge in [-0.15, -0.1) is 0 Å². The van der Waals surface area contributed by atoms with Crippen LogP contribution in [0, 0.1) is 22.2 Å². The Hall–Kier alpha value is -1.24. The van der Waals surface area contributed by atoms with Crippen molar-refractivity contribution in [2.24, 2.45) is 22.2 Å². The first kappa shape index (κ1) is 18.8. The van der Waals surface area contributed by atoms with E-state index < -0.39 is 39.7 Å². The topological polar surface area (TPSA) is 93.1 Å². The van der Waals surface area contributed by atoms with E-state index in [4.69, 9.17) is 9.47 Å². The lowest BCUT2D eigenvalue weighted by molar-refractivity contribution is -0.369. The molecule has 28 heavy (non-hydrogen) atoms. The molecule has 4 saturated carbocycles. The van der Waals surface area contributed by atoms with Crippen LogP contribution in [-0.4, -0.2) is 46.1 Å². The van der Waals surface area contributed by atoms with Gasteiger partial charge in [0.25, 0.3) is 5.79 Å². The smallest absolute Gasteiger partial charge is 0.336 e. The van der Waals surface area contributed by atoms with Crippen molar-refractivity contribution >= 4 is 11.8 Å². The molecule has 0 aromatic rings. The van der Waals surface area contributed by atoms with Gasteiger partial charge in [0.1, 0.15) is 17.3 Å².